The Hall–Kier alpha value is -1.42. The number of rotatable bonds is 2. The van der Waals surface area contributed by atoms with Gasteiger partial charge in [-0.2, -0.15) is 0 Å². The summed E-state index contributed by atoms with van der Waals surface area (Å²) in [5.41, 5.74) is 6.63. The molecule has 2 rings (SSSR count). The molecule has 1 aliphatic heterocycles. The first-order chi connectivity index (χ1) is 8.18. The average molecular weight is 233 g/mol. The molecule has 0 aromatic carbocycles. The Kier molecular flexibility index (Phi) is 3.74. The third-order valence-corrected chi connectivity index (χ3v) is 3.42. The Balaban J connectivity index is 2.05. The number of likely N-dealkylation sites (tertiary alicyclic amines) is 1. The van der Waals surface area contributed by atoms with E-state index in [-0.39, 0.29) is 11.9 Å². The minimum absolute atomic E-state index is 0.0951. The maximum absolute atomic E-state index is 12.2. The van der Waals surface area contributed by atoms with Crippen LogP contribution in [0.4, 0.5) is 0 Å². The molecule has 4 nitrogen and oxygen atoms in total. The number of pyridine rings is 1. The van der Waals surface area contributed by atoms with Crippen molar-refractivity contribution >= 4 is 5.91 Å². The Morgan fingerprint density at radius 1 is 1.53 bits per heavy atom. The van der Waals surface area contributed by atoms with Crippen molar-refractivity contribution in [2.75, 3.05) is 13.1 Å². The lowest BCUT2D eigenvalue weighted by Crippen LogP contribution is -2.45. The molecule has 17 heavy (non-hydrogen) atoms. The highest BCUT2D eigenvalue weighted by Gasteiger charge is 2.26. The van der Waals surface area contributed by atoms with Crippen molar-refractivity contribution in [3.8, 4) is 0 Å². The molecule has 1 aliphatic rings. The molecule has 92 valence electrons. The lowest BCUT2D eigenvalue weighted by Gasteiger charge is -2.34. The second-order valence-electron chi connectivity index (χ2n) is 4.75. The number of nitrogens with zero attached hydrogens (tertiary/aromatic N) is 2. The first-order valence-corrected chi connectivity index (χ1v) is 6.13. The number of carbonyl (C=O) groups excluding carboxylic acids is 1. The van der Waals surface area contributed by atoms with Gasteiger partial charge in [0, 0.05) is 37.1 Å². The lowest BCUT2D eigenvalue weighted by molar-refractivity contribution is 0.0661. The average Bonchev–Trinajstić information content (AvgIpc) is 2.39. The monoisotopic (exact) mass is 233 g/mol. The summed E-state index contributed by atoms with van der Waals surface area (Å²) in [7, 11) is 0. The van der Waals surface area contributed by atoms with Crippen molar-refractivity contribution in [1.82, 2.24) is 9.88 Å². The number of amides is 1. The van der Waals surface area contributed by atoms with Crippen LogP contribution >= 0.6 is 0 Å². The zero-order valence-corrected chi connectivity index (χ0v) is 10.2. The van der Waals surface area contributed by atoms with Gasteiger partial charge in [0.15, 0.2) is 0 Å². The van der Waals surface area contributed by atoms with Crippen LogP contribution in [0.1, 0.15) is 30.1 Å². The second-order valence-corrected chi connectivity index (χ2v) is 4.75. The van der Waals surface area contributed by atoms with E-state index in [2.05, 4.69) is 4.98 Å². The third kappa shape index (κ3) is 2.82. The molecule has 0 aliphatic carbocycles. The number of hydrogen-bond donors (Lipinski definition) is 1. The Morgan fingerprint density at radius 3 is 2.88 bits per heavy atom. The second kappa shape index (κ2) is 5.27. The number of piperidine rings is 1. The van der Waals surface area contributed by atoms with Crippen LogP contribution in [-0.2, 0) is 0 Å². The molecule has 2 atom stereocenters. The summed E-state index contributed by atoms with van der Waals surface area (Å²) in [6, 6.07) is 3.68. The number of carbonyl (C=O) groups is 1. The van der Waals surface area contributed by atoms with Gasteiger partial charge in [0.2, 0.25) is 0 Å². The molecular formula is C13H19N3O. The van der Waals surface area contributed by atoms with Crippen LogP contribution in [0.25, 0.3) is 0 Å². The van der Waals surface area contributed by atoms with E-state index >= 15 is 0 Å². The van der Waals surface area contributed by atoms with E-state index in [0.29, 0.717) is 11.5 Å². The predicted molar refractivity (Wildman–Crippen MR) is 66.5 cm³/mol. The highest BCUT2D eigenvalue weighted by atomic mass is 16.2. The molecule has 0 saturated carbocycles. The van der Waals surface area contributed by atoms with Gasteiger partial charge in [-0.3, -0.25) is 9.78 Å². The summed E-state index contributed by atoms with van der Waals surface area (Å²) in [5.74, 6) is 0.521. The third-order valence-electron chi connectivity index (χ3n) is 3.42. The molecule has 1 aromatic heterocycles. The van der Waals surface area contributed by atoms with Crippen molar-refractivity contribution in [1.29, 1.82) is 0 Å². The maximum Gasteiger partial charge on any atom is 0.253 e. The Labute approximate surface area is 102 Å². The molecule has 1 aromatic rings. The van der Waals surface area contributed by atoms with Gasteiger partial charge in [-0.05, 0) is 37.8 Å². The zero-order valence-electron chi connectivity index (χ0n) is 10.2. The van der Waals surface area contributed by atoms with E-state index in [1.807, 2.05) is 11.8 Å². The fraction of sp³-hybridized carbons (Fsp3) is 0.538. The van der Waals surface area contributed by atoms with Gasteiger partial charge < -0.3 is 10.6 Å². The van der Waals surface area contributed by atoms with E-state index < -0.39 is 0 Å². The summed E-state index contributed by atoms with van der Waals surface area (Å²) in [4.78, 5) is 18.1. The van der Waals surface area contributed by atoms with Gasteiger partial charge in [0.1, 0.15) is 0 Å². The highest BCUT2D eigenvalue weighted by molar-refractivity contribution is 5.94. The van der Waals surface area contributed by atoms with Crippen molar-refractivity contribution in [3.63, 3.8) is 0 Å². The fourth-order valence-corrected chi connectivity index (χ4v) is 2.30. The summed E-state index contributed by atoms with van der Waals surface area (Å²) >= 11 is 0. The van der Waals surface area contributed by atoms with E-state index in [9.17, 15) is 4.79 Å². The molecule has 0 bridgehead atoms. The Bertz CT molecular complexity index is 378. The lowest BCUT2D eigenvalue weighted by atomic mass is 9.92. The predicted octanol–water partition coefficient (Wildman–Crippen LogP) is 1.28. The van der Waals surface area contributed by atoms with Crippen LogP contribution in [0.5, 0.6) is 0 Å². The molecule has 2 heterocycles. The summed E-state index contributed by atoms with van der Waals surface area (Å²) in [6.45, 7) is 3.63. The van der Waals surface area contributed by atoms with Gasteiger partial charge in [-0.25, -0.2) is 0 Å². The molecule has 4 heteroatoms. The van der Waals surface area contributed by atoms with Crippen LogP contribution in [0, 0.1) is 5.92 Å². The number of nitrogens with two attached hydrogens (primary N) is 1. The summed E-state index contributed by atoms with van der Waals surface area (Å²) in [5, 5.41) is 0. The highest BCUT2D eigenvalue weighted by Crippen LogP contribution is 2.20. The van der Waals surface area contributed by atoms with Gasteiger partial charge in [0.25, 0.3) is 5.91 Å². The summed E-state index contributed by atoms with van der Waals surface area (Å²) < 4.78 is 0. The van der Waals surface area contributed by atoms with Gasteiger partial charge >= 0.3 is 0 Å². The van der Waals surface area contributed by atoms with E-state index in [4.69, 9.17) is 5.73 Å². The van der Waals surface area contributed by atoms with Crippen molar-refractivity contribution < 1.29 is 4.79 Å². The SMILES string of the molecule is CC(N)C1CCCN(C(=O)c2ccncc2)C1. The minimum Gasteiger partial charge on any atom is -0.338 e. The first-order valence-electron chi connectivity index (χ1n) is 6.13. The van der Waals surface area contributed by atoms with E-state index in [1.54, 1.807) is 24.5 Å². The van der Waals surface area contributed by atoms with Gasteiger partial charge in [-0.15, -0.1) is 0 Å². The van der Waals surface area contributed by atoms with Crippen LogP contribution in [0.2, 0.25) is 0 Å². The number of hydrogen-bond acceptors (Lipinski definition) is 3. The van der Waals surface area contributed by atoms with Crippen molar-refractivity contribution in [3.05, 3.63) is 30.1 Å². The van der Waals surface area contributed by atoms with Gasteiger partial charge in [-0.1, -0.05) is 0 Å². The molecule has 1 amide bonds. The summed E-state index contributed by atoms with van der Waals surface area (Å²) in [6.07, 6.45) is 5.47. The van der Waals surface area contributed by atoms with E-state index in [1.165, 1.54) is 0 Å². The molecule has 0 spiro atoms. The maximum atomic E-state index is 12.2. The van der Waals surface area contributed by atoms with E-state index in [0.717, 1.165) is 25.9 Å². The topological polar surface area (TPSA) is 59.2 Å². The fourth-order valence-electron chi connectivity index (χ4n) is 2.30. The molecule has 0 radical (unpaired) electrons. The van der Waals surface area contributed by atoms with Gasteiger partial charge in [0.05, 0.1) is 0 Å². The number of aromatic nitrogens is 1. The molecule has 1 saturated heterocycles. The standard InChI is InChI=1S/C13H19N3O/c1-10(14)12-3-2-8-16(9-12)13(17)11-4-6-15-7-5-11/h4-7,10,12H,2-3,8-9,14H2,1H3. The normalized spacial score (nSPS) is 22.2. The molecule has 2 N–H and O–H groups in total. The quantitative estimate of drug-likeness (QED) is 0.837. The van der Waals surface area contributed by atoms with Crippen LogP contribution in [0.15, 0.2) is 24.5 Å². The minimum atomic E-state index is 0.0951. The molecule has 2 unspecified atom stereocenters. The van der Waals surface area contributed by atoms with Crippen molar-refractivity contribution in [2.24, 2.45) is 11.7 Å². The zero-order chi connectivity index (χ0) is 12.3. The molecular weight excluding hydrogens is 214 g/mol. The van der Waals surface area contributed by atoms with Crippen LogP contribution < -0.4 is 5.73 Å². The van der Waals surface area contributed by atoms with Crippen molar-refractivity contribution in [2.45, 2.75) is 25.8 Å². The molecule has 1 fully saturated rings. The van der Waals surface area contributed by atoms with Crippen LogP contribution in [-0.4, -0.2) is 34.9 Å². The Morgan fingerprint density at radius 2 is 2.24 bits per heavy atom. The van der Waals surface area contributed by atoms with Crippen LogP contribution in [0.3, 0.4) is 0 Å². The first kappa shape index (κ1) is 12.0. The largest absolute Gasteiger partial charge is 0.338 e. The smallest absolute Gasteiger partial charge is 0.253 e.